The normalized spacial score (nSPS) is 13.2. The van der Waals surface area contributed by atoms with Gasteiger partial charge >= 0.3 is 0 Å². The second-order valence-corrected chi connectivity index (χ2v) is 6.82. The van der Waals surface area contributed by atoms with Gasteiger partial charge in [-0.15, -0.1) is 0 Å². The second kappa shape index (κ2) is 7.50. The Balaban J connectivity index is 2.85. The van der Waals surface area contributed by atoms with Gasteiger partial charge in [0.25, 0.3) is 0 Å². The highest BCUT2D eigenvalue weighted by Gasteiger charge is 2.17. The Morgan fingerprint density at radius 2 is 1.89 bits per heavy atom. The van der Waals surface area contributed by atoms with Gasteiger partial charge in [0.1, 0.15) is 0 Å². The zero-order valence-corrected chi connectivity index (χ0v) is 12.5. The van der Waals surface area contributed by atoms with Crippen molar-refractivity contribution >= 4 is 15.5 Å². The number of nitrogens with two attached hydrogens (primary N) is 1. The van der Waals surface area contributed by atoms with E-state index < -0.39 is 9.84 Å². The van der Waals surface area contributed by atoms with Gasteiger partial charge in [-0.05, 0) is 25.0 Å². The van der Waals surface area contributed by atoms with Crippen molar-refractivity contribution in [2.45, 2.75) is 44.0 Å². The first-order valence-corrected chi connectivity index (χ1v) is 8.47. The van der Waals surface area contributed by atoms with Crippen molar-refractivity contribution in [3.05, 3.63) is 24.3 Å². The SMILES string of the molecule is CCCC(N)CNc1ccccc1S(=O)(=O)CCC. The van der Waals surface area contributed by atoms with Crippen LogP contribution in [0.1, 0.15) is 33.1 Å². The Kier molecular flexibility index (Phi) is 6.31. The van der Waals surface area contributed by atoms with E-state index in [1.165, 1.54) is 0 Å². The molecule has 4 nitrogen and oxygen atoms in total. The lowest BCUT2D eigenvalue weighted by atomic mass is 10.2. The molecule has 1 unspecified atom stereocenters. The van der Waals surface area contributed by atoms with Crippen LogP contribution in [0.5, 0.6) is 0 Å². The van der Waals surface area contributed by atoms with Crippen LogP contribution in [0.4, 0.5) is 5.69 Å². The fourth-order valence-corrected chi connectivity index (χ4v) is 3.50. The third-order valence-electron chi connectivity index (χ3n) is 2.91. The van der Waals surface area contributed by atoms with E-state index in [2.05, 4.69) is 12.2 Å². The molecule has 0 amide bonds. The number of nitrogens with one attached hydrogen (secondary N) is 1. The zero-order valence-electron chi connectivity index (χ0n) is 11.7. The van der Waals surface area contributed by atoms with E-state index in [4.69, 9.17) is 5.73 Å². The molecule has 0 spiro atoms. The summed E-state index contributed by atoms with van der Waals surface area (Å²) in [6.45, 7) is 4.54. The summed E-state index contributed by atoms with van der Waals surface area (Å²) in [6.07, 6.45) is 2.57. The molecular weight excluding hydrogens is 260 g/mol. The molecule has 0 aliphatic heterocycles. The molecule has 1 rings (SSSR count). The van der Waals surface area contributed by atoms with Gasteiger partial charge in [-0.25, -0.2) is 8.42 Å². The van der Waals surface area contributed by atoms with Gasteiger partial charge < -0.3 is 11.1 Å². The van der Waals surface area contributed by atoms with E-state index in [1.807, 2.05) is 13.0 Å². The van der Waals surface area contributed by atoms with E-state index in [0.29, 0.717) is 23.5 Å². The zero-order chi connectivity index (χ0) is 14.3. The van der Waals surface area contributed by atoms with Gasteiger partial charge in [-0.2, -0.15) is 0 Å². The number of para-hydroxylation sites is 1. The third kappa shape index (κ3) is 4.84. The maximum atomic E-state index is 12.2. The lowest BCUT2D eigenvalue weighted by Crippen LogP contribution is -2.29. The summed E-state index contributed by atoms with van der Waals surface area (Å²) in [5.74, 6) is 0.173. The molecule has 5 heteroatoms. The van der Waals surface area contributed by atoms with Crippen LogP contribution in [0, 0.1) is 0 Å². The summed E-state index contributed by atoms with van der Waals surface area (Å²) >= 11 is 0. The minimum atomic E-state index is -3.20. The van der Waals surface area contributed by atoms with Gasteiger partial charge in [-0.1, -0.05) is 32.4 Å². The van der Waals surface area contributed by atoms with Crippen LogP contribution in [0.3, 0.4) is 0 Å². The van der Waals surface area contributed by atoms with Crippen LogP contribution < -0.4 is 11.1 Å². The van der Waals surface area contributed by atoms with Crippen LogP contribution >= 0.6 is 0 Å². The molecule has 1 aromatic rings. The van der Waals surface area contributed by atoms with Gasteiger partial charge in [0.2, 0.25) is 0 Å². The first kappa shape index (κ1) is 16.0. The van der Waals surface area contributed by atoms with E-state index in [1.54, 1.807) is 18.2 Å². The van der Waals surface area contributed by atoms with Crippen molar-refractivity contribution in [3.63, 3.8) is 0 Å². The maximum absolute atomic E-state index is 12.2. The Bertz CT molecular complexity index is 486. The quantitative estimate of drug-likeness (QED) is 0.769. The summed E-state index contributed by atoms with van der Waals surface area (Å²) in [5.41, 5.74) is 6.59. The molecule has 3 N–H and O–H groups in total. The third-order valence-corrected chi connectivity index (χ3v) is 4.88. The van der Waals surface area contributed by atoms with Crippen LogP contribution in [0.15, 0.2) is 29.2 Å². The Hall–Kier alpha value is -1.07. The van der Waals surface area contributed by atoms with Crippen molar-refractivity contribution in [1.82, 2.24) is 0 Å². The highest BCUT2D eigenvalue weighted by Crippen LogP contribution is 2.22. The van der Waals surface area contributed by atoms with Gasteiger partial charge in [0.05, 0.1) is 16.3 Å². The van der Waals surface area contributed by atoms with Crippen molar-refractivity contribution in [1.29, 1.82) is 0 Å². The highest BCUT2D eigenvalue weighted by molar-refractivity contribution is 7.91. The smallest absolute Gasteiger partial charge is 0.180 e. The molecule has 1 atom stereocenters. The van der Waals surface area contributed by atoms with Crippen molar-refractivity contribution in [3.8, 4) is 0 Å². The van der Waals surface area contributed by atoms with Crippen molar-refractivity contribution in [2.75, 3.05) is 17.6 Å². The molecule has 0 saturated heterocycles. The molecule has 19 heavy (non-hydrogen) atoms. The minimum absolute atomic E-state index is 0.0481. The highest BCUT2D eigenvalue weighted by atomic mass is 32.2. The molecule has 0 aliphatic carbocycles. The maximum Gasteiger partial charge on any atom is 0.180 e. The molecule has 1 aromatic carbocycles. The predicted molar refractivity (Wildman–Crippen MR) is 80.2 cm³/mol. The first-order chi connectivity index (χ1) is 9.01. The average Bonchev–Trinajstić information content (AvgIpc) is 2.37. The summed E-state index contributed by atoms with van der Waals surface area (Å²) in [4.78, 5) is 0.376. The molecule has 0 radical (unpaired) electrons. The topological polar surface area (TPSA) is 72.2 Å². The molecule has 0 saturated carbocycles. The fourth-order valence-electron chi connectivity index (χ4n) is 1.98. The monoisotopic (exact) mass is 284 g/mol. The van der Waals surface area contributed by atoms with E-state index in [0.717, 1.165) is 12.8 Å². The molecule has 108 valence electrons. The summed E-state index contributed by atoms with van der Waals surface area (Å²) in [5, 5.41) is 3.16. The van der Waals surface area contributed by atoms with Crippen LogP contribution in [-0.4, -0.2) is 26.8 Å². The number of anilines is 1. The number of rotatable bonds is 8. The fraction of sp³-hybridized carbons (Fsp3) is 0.571. The summed E-state index contributed by atoms with van der Waals surface area (Å²) in [6, 6.07) is 7.07. The molecule has 0 heterocycles. The molecule has 0 aromatic heterocycles. The number of sulfone groups is 1. The van der Waals surface area contributed by atoms with Crippen molar-refractivity contribution < 1.29 is 8.42 Å². The van der Waals surface area contributed by atoms with Crippen LogP contribution in [0.25, 0.3) is 0 Å². The number of benzene rings is 1. The lowest BCUT2D eigenvalue weighted by Gasteiger charge is -2.15. The molecule has 0 aliphatic rings. The van der Waals surface area contributed by atoms with Gasteiger partial charge in [-0.3, -0.25) is 0 Å². The van der Waals surface area contributed by atoms with E-state index >= 15 is 0 Å². The summed E-state index contributed by atoms with van der Waals surface area (Å²) in [7, 11) is -3.20. The predicted octanol–water partition coefficient (Wildman–Crippen LogP) is 2.41. The van der Waals surface area contributed by atoms with Gasteiger partial charge in [0.15, 0.2) is 9.84 Å². The number of hydrogen-bond donors (Lipinski definition) is 2. The molecule has 0 fully saturated rings. The standard InChI is InChI=1S/C14H24N2O2S/c1-3-7-12(15)11-16-13-8-5-6-9-14(13)19(17,18)10-4-2/h5-6,8-9,12,16H,3-4,7,10-11,15H2,1-2H3. The Morgan fingerprint density at radius 3 is 2.53 bits per heavy atom. The largest absolute Gasteiger partial charge is 0.382 e. The lowest BCUT2D eigenvalue weighted by molar-refractivity contribution is 0.594. The summed E-state index contributed by atoms with van der Waals surface area (Å²) < 4.78 is 24.3. The molecular formula is C14H24N2O2S. The van der Waals surface area contributed by atoms with Crippen LogP contribution in [-0.2, 0) is 9.84 Å². The van der Waals surface area contributed by atoms with E-state index in [-0.39, 0.29) is 11.8 Å². The first-order valence-electron chi connectivity index (χ1n) is 6.82. The second-order valence-electron chi connectivity index (χ2n) is 4.74. The van der Waals surface area contributed by atoms with Crippen LogP contribution in [0.2, 0.25) is 0 Å². The minimum Gasteiger partial charge on any atom is -0.382 e. The Morgan fingerprint density at radius 1 is 1.21 bits per heavy atom. The number of hydrogen-bond acceptors (Lipinski definition) is 4. The molecule has 0 bridgehead atoms. The van der Waals surface area contributed by atoms with Crippen molar-refractivity contribution in [2.24, 2.45) is 5.73 Å². The van der Waals surface area contributed by atoms with E-state index in [9.17, 15) is 8.42 Å². The average molecular weight is 284 g/mol. The Labute approximate surface area is 116 Å². The van der Waals surface area contributed by atoms with Gasteiger partial charge in [0, 0.05) is 12.6 Å².